The van der Waals surface area contributed by atoms with Crippen LogP contribution in [0, 0.1) is 11.2 Å². The Kier molecular flexibility index (Phi) is 4.96. The topological polar surface area (TPSA) is 26.0 Å². The summed E-state index contributed by atoms with van der Waals surface area (Å²) in [6.07, 6.45) is 2.77. The second-order valence-corrected chi connectivity index (χ2v) is 6.02. The molecule has 0 amide bonds. The zero-order chi connectivity index (χ0) is 13.1. The lowest BCUT2D eigenvalue weighted by Gasteiger charge is -2.26. The van der Waals surface area contributed by atoms with Crippen molar-refractivity contribution in [3.05, 3.63) is 34.6 Å². The van der Waals surface area contributed by atoms with Gasteiger partial charge in [-0.3, -0.25) is 0 Å². The Morgan fingerprint density at radius 2 is 2.00 bits per heavy atom. The van der Waals surface area contributed by atoms with Crippen molar-refractivity contribution in [1.29, 1.82) is 0 Å². The fourth-order valence-corrected chi connectivity index (χ4v) is 1.77. The molecule has 0 spiro atoms. The van der Waals surface area contributed by atoms with Crippen LogP contribution < -0.4 is 5.73 Å². The number of hydrogen-bond donors (Lipinski definition) is 1. The molecule has 1 aromatic carbocycles. The van der Waals surface area contributed by atoms with E-state index in [0.717, 1.165) is 24.8 Å². The van der Waals surface area contributed by atoms with E-state index in [-0.39, 0.29) is 22.3 Å². The first-order valence-corrected chi connectivity index (χ1v) is 6.38. The highest BCUT2D eigenvalue weighted by atomic mass is 35.5. The van der Waals surface area contributed by atoms with Crippen molar-refractivity contribution in [2.24, 2.45) is 11.1 Å². The van der Waals surface area contributed by atoms with Gasteiger partial charge in [-0.25, -0.2) is 4.39 Å². The van der Waals surface area contributed by atoms with E-state index in [1.54, 1.807) is 6.07 Å². The van der Waals surface area contributed by atoms with E-state index in [1.807, 2.05) is 6.07 Å². The summed E-state index contributed by atoms with van der Waals surface area (Å²) in [6.45, 7) is 6.42. The van der Waals surface area contributed by atoms with Gasteiger partial charge in [0.1, 0.15) is 5.82 Å². The van der Waals surface area contributed by atoms with E-state index in [9.17, 15) is 4.39 Å². The van der Waals surface area contributed by atoms with Gasteiger partial charge in [0.25, 0.3) is 0 Å². The molecule has 0 heterocycles. The average molecular weight is 258 g/mol. The molecule has 0 aliphatic rings. The third-order valence-corrected chi connectivity index (χ3v) is 3.38. The van der Waals surface area contributed by atoms with Crippen molar-refractivity contribution >= 4 is 11.6 Å². The highest BCUT2D eigenvalue weighted by Gasteiger charge is 2.19. The lowest BCUT2D eigenvalue weighted by molar-refractivity contribution is 0.301. The lowest BCUT2D eigenvalue weighted by atomic mass is 9.84. The van der Waals surface area contributed by atoms with Gasteiger partial charge in [0.15, 0.2) is 0 Å². The van der Waals surface area contributed by atoms with E-state index in [2.05, 4.69) is 20.8 Å². The van der Waals surface area contributed by atoms with Gasteiger partial charge in [0, 0.05) is 6.04 Å². The highest BCUT2D eigenvalue weighted by Crippen LogP contribution is 2.22. The van der Waals surface area contributed by atoms with Crippen molar-refractivity contribution in [2.75, 3.05) is 0 Å². The van der Waals surface area contributed by atoms with Crippen LogP contribution in [-0.2, 0) is 6.42 Å². The minimum absolute atomic E-state index is 0.130. The number of hydrogen-bond acceptors (Lipinski definition) is 1. The Morgan fingerprint density at radius 1 is 1.35 bits per heavy atom. The smallest absolute Gasteiger partial charge is 0.142 e. The van der Waals surface area contributed by atoms with Gasteiger partial charge in [-0.15, -0.1) is 0 Å². The normalized spacial score (nSPS) is 13.8. The zero-order valence-electron chi connectivity index (χ0n) is 10.8. The van der Waals surface area contributed by atoms with Gasteiger partial charge in [-0.2, -0.15) is 0 Å². The second kappa shape index (κ2) is 5.83. The van der Waals surface area contributed by atoms with E-state index >= 15 is 0 Å². The van der Waals surface area contributed by atoms with E-state index < -0.39 is 0 Å². The molecule has 0 radical (unpaired) electrons. The summed E-state index contributed by atoms with van der Waals surface area (Å²) >= 11 is 5.63. The van der Waals surface area contributed by atoms with Crippen molar-refractivity contribution in [3.8, 4) is 0 Å². The molecule has 0 saturated carbocycles. The maximum Gasteiger partial charge on any atom is 0.142 e. The number of aryl methyl sites for hydroxylation is 1. The molecule has 1 aromatic rings. The van der Waals surface area contributed by atoms with Crippen LogP contribution in [0.1, 0.15) is 39.2 Å². The molecular formula is C14H21ClFN. The first-order chi connectivity index (χ1) is 7.80. The minimum Gasteiger partial charge on any atom is -0.327 e. The molecule has 0 fully saturated rings. The number of halogens is 2. The van der Waals surface area contributed by atoms with Gasteiger partial charge in [-0.1, -0.05) is 38.4 Å². The van der Waals surface area contributed by atoms with E-state index in [1.165, 1.54) is 6.07 Å². The molecule has 0 bridgehead atoms. The molecule has 0 aliphatic heterocycles. The Labute approximate surface area is 108 Å². The summed E-state index contributed by atoms with van der Waals surface area (Å²) in [7, 11) is 0. The van der Waals surface area contributed by atoms with Gasteiger partial charge in [0.2, 0.25) is 0 Å². The second-order valence-electron chi connectivity index (χ2n) is 5.61. The van der Waals surface area contributed by atoms with Crippen LogP contribution >= 0.6 is 11.6 Å². The van der Waals surface area contributed by atoms with Crippen LogP contribution in [0.3, 0.4) is 0 Å². The summed E-state index contributed by atoms with van der Waals surface area (Å²) in [5.74, 6) is -0.343. The highest BCUT2D eigenvalue weighted by molar-refractivity contribution is 6.30. The summed E-state index contributed by atoms with van der Waals surface area (Å²) < 4.78 is 13.2. The van der Waals surface area contributed by atoms with E-state index in [0.29, 0.717) is 0 Å². The minimum atomic E-state index is -0.343. The van der Waals surface area contributed by atoms with Crippen molar-refractivity contribution < 1.29 is 4.39 Å². The Hall–Kier alpha value is -0.600. The molecule has 3 heteroatoms. The third-order valence-electron chi connectivity index (χ3n) is 3.08. The van der Waals surface area contributed by atoms with Gasteiger partial charge in [0.05, 0.1) is 5.02 Å². The van der Waals surface area contributed by atoms with Crippen molar-refractivity contribution in [1.82, 2.24) is 0 Å². The van der Waals surface area contributed by atoms with Crippen LogP contribution in [0.2, 0.25) is 5.02 Å². The third kappa shape index (κ3) is 4.64. The van der Waals surface area contributed by atoms with Crippen LogP contribution in [0.5, 0.6) is 0 Å². The average Bonchev–Trinajstić information content (AvgIpc) is 2.22. The first kappa shape index (κ1) is 14.5. The van der Waals surface area contributed by atoms with Gasteiger partial charge >= 0.3 is 0 Å². The fourth-order valence-electron chi connectivity index (χ4n) is 1.65. The van der Waals surface area contributed by atoms with Gasteiger partial charge in [-0.05, 0) is 42.4 Å². The summed E-state index contributed by atoms with van der Waals surface area (Å²) in [4.78, 5) is 0. The molecule has 1 rings (SSSR count). The molecule has 0 saturated heterocycles. The fraction of sp³-hybridized carbons (Fsp3) is 0.571. The predicted octanol–water partition coefficient (Wildman–Crippen LogP) is 4.18. The van der Waals surface area contributed by atoms with Crippen molar-refractivity contribution in [2.45, 2.75) is 46.1 Å². The maximum atomic E-state index is 13.2. The summed E-state index contributed by atoms with van der Waals surface area (Å²) in [5, 5.41) is 0.181. The quantitative estimate of drug-likeness (QED) is 0.861. The predicted molar refractivity (Wildman–Crippen MR) is 71.8 cm³/mol. The molecule has 1 nitrogen and oxygen atoms in total. The number of rotatable bonds is 4. The number of nitrogens with two attached hydrogens (primary N) is 1. The number of benzene rings is 1. The van der Waals surface area contributed by atoms with Crippen LogP contribution in [-0.4, -0.2) is 6.04 Å². The van der Waals surface area contributed by atoms with Crippen LogP contribution in [0.25, 0.3) is 0 Å². The van der Waals surface area contributed by atoms with Crippen molar-refractivity contribution in [3.63, 3.8) is 0 Å². The molecule has 96 valence electrons. The zero-order valence-corrected chi connectivity index (χ0v) is 11.5. The summed E-state index contributed by atoms with van der Waals surface area (Å²) in [5.41, 5.74) is 7.18. The molecule has 1 unspecified atom stereocenters. The summed E-state index contributed by atoms with van der Waals surface area (Å²) in [6, 6.07) is 5.16. The molecule has 0 aromatic heterocycles. The molecule has 2 N–H and O–H groups in total. The van der Waals surface area contributed by atoms with Crippen LogP contribution in [0.4, 0.5) is 4.39 Å². The standard InChI is InChI=1S/C14H21ClFN/c1-14(2,3)13(17)6-4-5-10-7-8-11(15)12(16)9-10/h7-9,13H,4-6,17H2,1-3H3. The van der Waals surface area contributed by atoms with Crippen LogP contribution in [0.15, 0.2) is 18.2 Å². The first-order valence-electron chi connectivity index (χ1n) is 6.00. The van der Waals surface area contributed by atoms with Gasteiger partial charge < -0.3 is 5.73 Å². The van der Waals surface area contributed by atoms with E-state index in [4.69, 9.17) is 17.3 Å². The lowest BCUT2D eigenvalue weighted by Crippen LogP contribution is -2.34. The monoisotopic (exact) mass is 257 g/mol. The Morgan fingerprint density at radius 3 is 2.53 bits per heavy atom. The maximum absolute atomic E-state index is 13.2. The SMILES string of the molecule is CC(C)(C)C(N)CCCc1ccc(Cl)c(F)c1. The largest absolute Gasteiger partial charge is 0.327 e. The Balaban J connectivity index is 2.44. The molecule has 17 heavy (non-hydrogen) atoms. The molecule has 1 atom stereocenters. The Bertz CT molecular complexity index is 371. The molecular weight excluding hydrogens is 237 g/mol. The molecule has 0 aliphatic carbocycles.